The minimum absolute atomic E-state index is 0.250. The van der Waals surface area contributed by atoms with Gasteiger partial charge in [0.2, 0.25) is 0 Å². The summed E-state index contributed by atoms with van der Waals surface area (Å²) in [5.74, 6) is 0.250. The van der Waals surface area contributed by atoms with Crippen molar-refractivity contribution in [2.45, 2.75) is 12.3 Å². The largest absolute Gasteiger partial charge is 0.456 e. The number of fused-ring (bicyclic) bond motifs is 6. The van der Waals surface area contributed by atoms with Crippen LogP contribution in [-0.2, 0) is 6.42 Å². The van der Waals surface area contributed by atoms with Crippen molar-refractivity contribution < 1.29 is 4.42 Å². The standard InChI is InChI=1S/C56H39NO/c1-3-12-38(13-4-1)44-18-11-19-48(35-44)57(49-31-32-50(41-15-5-2-6-16-41)52(37-49)46-25-22-39-14-7-8-17-43(39)34-46)47-29-26-40(27-30-47)45-24-23-42-28-33-55-56(53(42)36-45)51-20-9-10-21-54(51)58-55/h1-35,37,45H,36H2. The van der Waals surface area contributed by atoms with E-state index in [1.54, 1.807) is 0 Å². The fraction of sp³-hybridized carbons (Fsp3) is 0.0357. The van der Waals surface area contributed by atoms with Crippen LogP contribution >= 0.6 is 0 Å². The SMILES string of the molecule is C1=CC(c2ccc(N(c3cccc(-c4ccccc4)c3)c3ccc(-c4ccccc4)c(-c4ccc5ccccc5c4)c3)cc2)Cc2c1ccc1oc3ccccc3c21. The molecule has 0 radical (unpaired) electrons. The summed E-state index contributed by atoms with van der Waals surface area (Å²) in [4.78, 5) is 2.41. The molecule has 0 fully saturated rings. The molecule has 0 spiro atoms. The minimum atomic E-state index is 0.250. The molecule has 274 valence electrons. The van der Waals surface area contributed by atoms with Crippen molar-refractivity contribution in [3.05, 3.63) is 229 Å². The van der Waals surface area contributed by atoms with E-state index in [1.807, 2.05) is 6.07 Å². The summed E-state index contributed by atoms with van der Waals surface area (Å²) in [6.45, 7) is 0. The summed E-state index contributed by atoms with van der Waals surface area (Å²) in [6, 6.07) is 74.6. The topological polar surface area (TPSA) is 16.4 Å². The number of benzene rings is 9. The van der Waals surface area contributed by atoms with Crippen molar-refractivity contribution in [1.29, 1.82) is 0 Å². The van der Waals surface area contributed by atoms with Crippen LogP contribution in [0.3, 0.4) is 0 Å². The van der Waals surface area contributed by atoms with Crippen LogP contribution in [0.15, 0.2) is 217 Å². The Morgan fingerprint density at radius 1 is 0.431 bits per heavy atom. The van der Waals surface area contributed by atoms with Crippen LogP contribution in [-0.4, -0.2) is 0 Å². The highest BCUT2D eigenvalue weighted by molar-refractivity contribution is 6.08. The zero-order valence-corrected chi connectivity index (χ0v) is 31.9. The van der Waals surface area contributed by atoms with Crippen molar-refractivity contribution in [1.82, 2.24) is 0 Å². The van der Waals surface area contributed by atoms with Gasteiger partial charge >= 0.3 is 0 Å². The Morgan fingerprint density at radius 3 is 1.98 bits per heavy atom. The van der Waals surface area contributed by atoms with E-state index in [4.69, 9.17) is 4.42 Å². The lowest BCUT2D eigenvalue weighted by Crippen LogP contribution is -2.11. The fourth-order valence-corrected chi connectivity index (χ4v) is 8.93. The Morgan fingerprint density at radius 2 is 1.14 bits per heavy atom. The first kappa shape index (κ1) is 33.9. The molecule has 0 bridgehead atoms. The molecule has 10 aromatic rings. The molecule has 58 heavy (non-hydrogen) atoms. The Labute approximate surface area is 338 Å². The third-order valence-corrected chi connectivity index (χ3v) is 11.8. The summed E-state index contributed by atoms with van der Waals surface area (Å²) in [5, 5.41) is 4.90. The van der Waals surface area contributed by atoms with Gasteiger partial charge in [0.05, 0.1) is 0 Å². The van der Waals surface area contributed by atoms with Crippen LogP contribution in [0, 0.1) is 0 Å². The van der Waals surface area contributed by atoms with Crippen molar-refractivity contribution in [2.75, 3.05) is 4.90 Å². The van der Waals surface area contributed by atoms with Crippen LogP contribution in [0.5, 0.6) is 0 Å². The summed E-state index contributed by atoms with van der Waals surface area (Å²) in [7, 11) is 0. The summed E-state index contributed by atoms with van der Waals surface area (Å²) >= 11 is 0. The number of para-hydroxylation sites is 1. The third-order valence-electron chi connectivity index (χ3n) is 11.8. The molecule has 0 aliphatic heterocycles. The highest BCUT2D eigenvalue weighted by atomic mass is 16.3. The van der Waals surface area contributed by atoms with E-state index in [2.05, 4.69) is 217 Å². The Hall–Kier alpha value is -7.42. The van der Waals surface area contributed by atoms with Gasteiger partial charge in [-0.15, -0.1) is 0 Å². The van der Waals surface area contributed by atoms with Crippen LogP contribution in [0.4, 0.5) is 17.1 Å². The first-order valence-electron chi connectivity index (χ1n) is 20.1. The molecule has 1 aliphatic carbocycles. The van der Waals surface area contributed by atoms with Crippen LogP contribution in [0.2, 0.25) is 0 Å². The molecule has 1 heterocycles. The number of hydrogen-bond donors (Lipinski definition) is 0. The predicted octanol–water partition coefficient (Wildman–Crippen LogP) is 15.6. The fourth-order valence-electron chi connectivity index (χ4n) is 8.93. The average Bonchev–Trinajstić information content (AvgIpc) is 3.69. The Kier molecular flexibility index (Phi) is 8.33. The third kappa shape index (κ3) is 6.07. The Balaban J connectivity index is 1.03. The maximum absolute atomic E-state index is 6.28. The average molecular weight is 742 g/mol. The van der Waals surface area contributed by atoms with E-state index in [9.17, 15) is 0 Å². The van der Waals surface area contributed by atoms with Gasteiger partial charge in [0.25, 0.3) is 0 Å². The van der Waals surface area contributed by atoms with E-state index in [0.717, 1.165) is 34.6 Å². The molecule has 1 aliphatic rings. The molecule has 1 unspecified atom stereocenters. The van der Waals surface area contributed by atoms with Crippen LogP contribution < -0.4 is 4.90 Å². The minimum Gasteiger partial charge on any atom is -0.456 e. The number of nitrogens with zero attached hydrogens (tertiary/aromatic N) is 1. The van der Waals surface area contributed by atoms with Crippen LogP contribution in [0.1, 0.15) is 22.6 Å². The first-order valence-corrected chi connectivity index (χ1v) is 20.1. The first-order chi connectivity index (χ1) is 28.7. The van der Waals surface area contributed by atoms with Gasteiger partial charge in [0.1, 0.15) is 11.2 Å². The van der Waals surface area contributed by atoms with E-state index >= 15 is 0 Å². The molecule has 1 aromatic heterocycles. The summed E-state index contributed by atoms with van der Waals surface area (Å²) < 4.78 is 6.28. The van der Waals surface area contributed by atoms with Crippen molar-refractivity contribution in [3.8, 4) is 33.4 Å². The molecule has 2 heteroatoms. The molecule has 0 N–H and O–H groups in total. The molecule has 1 atom stereocenters. The quantitative estimate of drug-likeness (QED) is 0.162. The second-order valence-corrected chi connectivity index (χ2v) is 15.3. The molecule has 2 nitrogen and oxygen atoms in total. The molecular formula is C56H39NO. The number of allylic oxidation sites excluding steroid dienone is 1. The molecular weight excluding hydrogens is 703 g/mol. The zero-order valence-electron chi connectivity index (χ0n) is 31.9. The van der Waals surface area contributed by atoms with E-state index in [1.165, 1.54) is 71.6 Å². The lowest BCUT2D eigenvalue weighted by molar-refractivity contribution is 0.668. The number of rotatable bonds is 7. The molecule has 0 amide bonds. The monoisotopic (exact) mass is 741 g/mol. The van der Waals surface area contributed by atoms with Gasteiger partial charge in [0, 0.05) is 33.8 Å². The predicted molar refractivity (Wildman–Crippen MR) is 244 cm³/mol. The summed E-state index contributed by atoms with van der Waals surface area (Å²) in [6.07, 6.45) is 5.58. The van der Waals surface area contributed by atoms with E-state index in [0.29, 0.717) is 0 Å². The number of anilines is 3. The summed E-state index contributed by atoms with van der Waals surface area (Å²) in [5.41, 5.74) is 16.3. The normalized spacial score (nSPS) is 13.6. The number of hydrogen-bond acceptors (Lipinski definition) is 2. The second-order valence-electron chi connectivity index (χ2n) is 15.3. The molecule has 9 aromatic carbocycles. The van der Waals surface area contributed by atoms with Gasteiger partial charge in [-0.05, 0) is 122 Å². The lowest BCUT2D eigenvalue weighted by Gasteiger charge is -2.28. The Bertz CT molecular complexity index is 3140. The van der Waals surface area contributed by atoms with Crippen LogP contribution in [0.25, 0.3) is 72.2 Å². The molecule has 0 saturated carbocycles. The van der Waals surface area contributed by atoms with Gasteiger partial charge in [-0.2, -0.15) is 0 Å². The van der Waals surface area contributed by atoms with Gasteiger partial charge in [-0.25, -0.2) is 0 Å². The van der Waals surface area contributed by atoms with Crippen molar-refractivity contribution >= 4 is 55.8 Å². The van der Waals surface area contributed by atoms with Crippen molar-refractivity contribution in [3.63, 3.8) is 0 Å². The van der Waals surface area contributed by atoms with Gasteiger partial charge in [-0.3, -0.25) is 0 Å². The highest BCUT2D eigenvalue weighted by Gasteiger charge is 2.22. The lowest BCUT2D eigenvalue weighted by atomic mass is 9.83. The zero-order chi connectivity index (χ0) is 38.4. The second kappa shape index (κ2) is 14.3. The van der Waals surface area contributed by atoms with E-state index < -0.39 is 0 Å². The maximum Gasteiger partial charge on any atom is 0.135 e. The highest BCUT2D eigenvalue weighted by Crippen LogP contribution is 2.44. The van der Waals surface area contributed by atoms with Gasteiger partial charge in [-0.1, -0.05) is 164 Å². The molecule has 11 rings (SSSR count). The van der Waals surface area contributed by atoms with E-state index in [-0.39, 0.29) is 5.92 Å². The number of furan rings is 1. The van der Waals surface area contributed by atoms with Crippen molar-refractivity contribution in [2.24, 2.45) is 0 Å². The van der Waals surface area contributed by atoms with Gasteiger partial charge < -0.3 is 9.32 Å². The maximum atomic E-state index is 6.28. The van der Waals surface area contributed by atoms with Gasteiger partial charge in [0.15, 0.2) is 0 Å². The smallest absolute Gasteiger partial charge is 0.135 e. The molecule has 0 saturated heterocycles.